The van der Waals surface area contributed by atoms with Crippen molar-refractivity contribution in [3.63, 3.8) is 0 Å². The van der Waals surface area contributed by atoms with Gasteiger partial charge in [-0.25, -0.2) is 0 Å². The van der Waals surface area contributed by atoms with Crippen LogP contribution >= 0.6 is 11.3 Å². The number of aryl methyl sites for hydroxylation is 2. The Balaban J connectivity index is 1.63. The average Bonchev–Trinajstić information content (AvgIpc) is 3.19. The molecular weight excluding hydrogens is 398 g/mol. The van der Waals surface area contributed by atoms with Gasteiger partial charge in [0, 0.05) is 37.9 Å². The van der Waals surface area contributed by atoms with Crippen molar-refractivity contribution in [3.8, 4) is 0 Å². The molecule has 2 amide bonds. The number of piperidine rings is 1. The number of amides is 2. The van der Waals surface area contributed by atoms with E-state index in [-0.39, 0.29) is 17.7 Å². The SMILES string of the molecule is CCCOCCNC(=O)c1ccc(C)nc1C1CCN(C(=O)c2sccc2C)CC1. The summed E-state index contributed by atoms with van der Waals surface area (Å²) in [5.74, 6) is 0.184. The van der Waals surface area contributed by atoms with Gasteiger partial charge in [-0.2, -0.15) is 0 Å². The summed E-state index contributed by atoms with van der Waals surface area (Å²) in [7, 11) is 0. The maximum atomic E-state index is 12.8. The first-order valence-electron chi connectivity index (χ1n) is 10.7. The molecule has 3 rings (SSSR count). The molecule has 30 heavy (non-hydrogen) atoms. The van der Waals surface area contributed by atoms with E-state index in [2.05, 4.69) is 12.2 Å². The predicted octanol–water partition coefficient (Wildman–Crippen LogP) is 3.94. The summed E-state index contributed by atoms with van der Waals surface area (Å²) in [4.78, 5) is 33.0. The molecule has 7 heteroatoms. The Morgan fingerprint density at radius 1 is 1.20 bits per heavy atom. The number of nitrogens with one attached hydrogen (secondary N) is 1. The molecule has 0 spiro atoms. The number of carbonyl (C=O) groups is 2. The lowest BCUT2D eigenvalue weighted by Gasteiger charge is -2.32. The van der Waals surface area contributed by atoms with Gasteiger partial charge in [0.05, 0.1) is 22.7 Å². The van der Waals surface area contributed by atoms with Gasteiger partial charge in [0.15, 0.2) is 0 Å². The van der Waals surface area contributed by atoms with E-state index in [1.807, 2.05) is 42.3 Å². The number of rotatable bonds is 8. The van der Waals surface area contributed by atoms with Crippen LogP contribution in [0, 0.1) is 13.8 Å². The summed E-state index contributed by atoms with van der Waals surface area (Å²) in [6, 6.07) is 5.73. The summed E-state index contributed by atoms with van der Waals surface area (Å²) in [5.41, 5.74) is 3.42. The Kier molecular flexibility index (Phi) is 7.99. The van der Waals surface area contributed by atoms with E-state index in [4.69, 9.17) is 9.72 Å². The van der Waals surface area contributed by atoms with Crippen LogP contribution in [0.4, 0.5) is 0 Å². The quantitative estimate of drug-likeness (QED) is 0.645. The van der Waals surface area contributed by atoms with Crippen LogP contribution < -0.4 is 5.32 Å². The number of hydrogen-bond acceptors (Lipinski definition) is 5. The van der Waals surface area contributed by atoms with E-state index < -0.39 is 0 Å². The number of likely N-dealkylation sites (tertiary alicyclic amines) is 1. The van der Waals surface area contributed by atoms with Crippen molar-refractivity contribution in [1.82, 2.24) is 15.2 Å². The van der Waals surface area contributed by atoms with Gasteiger partial charge in [-0.1, -0.05) is 6.92 Å². The maximum absolute atomic E-state index is 12.8. The van der Waals surface area contributed by atoms with E-state index in [0.29, 0.717) is 38.4 Å². The second kappa shape index (κ2) is 10.7. The Hall–Kier alpha value is -2.25. The number of ether oxygens (including phenoxy) is 1. The monoisotopic (exact) mass is 429 g/mol. The van der Waals surface area contributed by atoms with Crippen LogP contribution in [0.5, 0.6) is 0 Å². The summed E-state index contributed by atoms with van der Waals surface area (Å²) in [5, 5.41) is 4.90. The molecule has 0 aromatic carbocycles. The minimum atomic E-state index is -0.106. The molecule has 162 valence electrons. The molecule has 2 aromatic rings. The Morgan fingerprint density at radius 3 is 2.63 bits per heavy atom. The standard InChI is InChI=1S/C23H31N3O3S/c1-4-13-29-14-10-24-22(27)19-6-5-17(3)25-20(19)18-7-11-26(12-8-18)23(28)21-16(2)9-15-30-21/h5-6,9,15,18H,4,7-8,10-14H2,1-3H3,(H,24,27). The van der Waals surface area contributed by atoms with Crippen LogP contribution in [-0.2, 0) is 4.74 Å². The average molecular weight is 430 g/mol. The number of carbonyl (C=O) groups excluding carboxylic acids is 2. The molecule has 0 bridgehead atoms. The van der Waals surface area contributed by atoms with Gasteiger partial charge < -0.3 is 15.0 Å². The van der Waals surface area contributed by atoms with Crippen molar-refractivity contribution in [3.05, 3.63) is 51.0 Å². The molecule has 0 aliphatic carbocycles. The normalized spacial score (nSPS) is 14.7. The summed E-state index contributed by atoms with van der Waals surface area (Å²) >= 11 is 1.50. The first-order valence-corrected chi connectivity index (χ1v) is 11.6. The maximum Gasteiger partial charge on any atom is 0.264 e. The molecule has 1 aliphatic heterocycles. The molecule has 1 saturated heterocycles. The van der Waals surface area contributed by atoms with Crippen molar-refractivity contribution in [2.24, 2.45) is 0 Å². The molecule has 0 atom stereocenters. The number of thiophene rings is 1. The molecule has 2 aromatic heterocycles. The molecule has 1 fully saturated rings. The van der Waals surface area contributed by atoms with Gasteiger partial charge >= 0.3 is 0 Å². The highest BCUT2D eigenvalue weighted by Crippen LogP contribution is 2.31. The zero-order chi connectivity index (χ0) is 21.5. The second-order valence-electron chi connectivity index (χ2n) is 7.75. The van der Waals surface area contributed by atoms with Crippen LogP contribution in [0.15, 0.2) is 23.6 Å². The van der Waals surface area contributed by atoms with Gasteiger partial charge in [-0.15, -0.1) is 11.3 Å². The smallest absolute Gasteiger partial charge is 0.264 e. The first-order chi connectivity index (χ1) is 14.5. The number of hydrogen-bond donors (Lipinski definition) is 1. The molecule has 1 aliphatic rings. The fourth-order valence-corrected chi connectivity index (χ4v) is 4.64. The van der Waals surface area contributed by atoms with E-state index >= 15 is 0 Å². The fourth-order valence-electron chi connectivity index (χ4n) is 3.75. The lowest BCUT2D eigenvalue weighted by atomic mass is 9.89. The number of aromatic nitrogens is 1. The van der Waals surface area contributed by atoms with Crippen molar-refractivity contribution in [2.75, 3.05) is 32.8 Å². The van der Waals surface area contributed by atoms with Crippen molar-refractivity contribution in [1.29, 1.82) is 0 Å². The molecule has 3 heterocycles. The Labute approximate surface area is 182 Å². The van der Waals surface area contributed by atoms with Crippen LogP contribution in [0.1, 0.15) is 69.1 Å². The van der Waals surface area contributed by atoms with E-state index in [1.54, 1.807) is 0 Å². The summed E-state index contributed by atoms with van der Waals surface area (Å²) in [6.45, 7) is 9.05. The third kappa shape index (κ3) is 5.46. The minimum Gasteiger partial charge on any atom is -0.380 e. The van der Waals surface area contributed by atoms with Crippen molar-refractivity contribution in [2.45, 2.75) is 46.0 Å². The lowest BCUT2D eigenvalue weighted by molar-refractivity contribution is 0.0714. The number of pyridine rings is 1. The zero-order valence-corrected chi connectivity index (χ0v) is 18.9. The summed E-state index contributed by atoms with van der Waals surface area (Å²) < 4.78 is 5.44. The zero-order valence-electron chi connectivity index (χ0n) is 18.1. The van der Waals surface area contributed by atoms with Crippen molar-refractivity contribution < 1.29 is 14.3 Å². The van der Waals surface area contributed by atoms with Gasteiger partial charge in [0.2, 0.25) is 0 Å². The van der Waals surface area contributed by atoms with E-state index in [1.165, 1.54) is 11.3 Å². The van der Waals surface area contributed by atoms with E-state index in [0.717, 1.165) is 41.1 Å². The lowest BCUT2D eigenvalue weighted by Crippen LogP contribution is -2.38. The topological polar surface area (TPSA) is 71.5 Å². The first kappa shape index (κ1) is 22.4. The molecule has 0 radical (unpaired) electrons. The van der Waals surface area contributed by atoms with Gasteiger partial charge in [0.1, 0.15) is 0 Å². The molecular formula is C23H31N3O3S. The van der Waals surface area contributed by atoms with Crippen LogP contribution in [-0.4, -0.2) is 54.5 Å². The minimum absolute atomic E-state index is 0.106. The highest BCUT2D eigenvalue weighted by atomic mass is 32.1. The van der Waals surface area contributed by atoms with Crippen LogP contribution in [0.3, 0.4) is 0 Å². The predicted molar refractivity (Wildman–Crippen MR) is 119 cm³/mol. The Bertz CT molecular complexity index is 872. The number of nitrogens with zero attached hydrogens (tertiary/aromatic N) is 2. The van der Waals surface area contributed by atoms with Gasteiger partial charge in [0.25, 0.3) is 11.8 Å². The molecule has 0 unspecified atom stereocenters. The van der Waals surface area contributed by atoms with E-state index in [9.17, 15) is 9.59 Å². The summed E-state index contributed by atoms with van der Waals surface area (Å²) in [6.07, 6.45) is 2.59. The third-order valence-corrected chi connectivity index (χ3v) is 6.42. The molecule has 0 saturated carbocycles. The van der Waals surface area contributed by atoms with Crippen LogP contribution in [0.25, 0.3) is 0 Å². The second-order valence-corrected chi connectivity index (χ2v) is 8.67. The highest BCUT2D eigenvalue weighted by molar-refractivity contribution is 7.12. The highest BCUT2D eigenvalue weighted by Gasteiger charge is 2.29. The largest absolute Gasteiger partial charge is 0.380 e. The Morgan fingerprint density at radius 2 is 1.97 bits per heavy atom. The van der Waals surface area contributed by atoms with Crippen molar-refractivity contribution >= 4 is 23.2 Å². The third-order valence-electron chi connectivity index (χ3n) is 5.41. The molecule has 1 N–H and O–H groups in total. The van der Waals surface area contributed by atoms with Crippen LogP contribution in [0.2, 0.25) is 0 Å². The van der Waals surface area contributed by atoms with Gasteiger partial charge in [-0.05, 0) is 62.3 Å². The molecule has 6 nitrogen and oxygen atoms in total. The fraction of sp³-hybridized carbons (Fsp3) is 0.522. The van der Waals surface area contributed by atoms with Gasteiger partial charge in [-0.3, -0.25) is 14.6 Å².